The predicted octanol–water partition coefficient (Wildman–Crippen LogP) is -0.488. The lowest BCUT2D eigenvalue weighted by Crippen LogP contribution is -2.37. The van der Waals surface area contributed by atoms with E-state index in [4.69, 9.17) is 0 Å². The molecule has 0 radical (unpaired) electrons. The van der Waals surface area contributed by atoms with Crippen molar-refractivity contribution < 1.29 is 9.59 Å². The molecule has 2 aliphatic heterocycles. The molecule has 0 bridgehead atoms. The maximum absolute atomic E-state index is 12.6. The van der Waals surface area contributed by atoms with E-state index in [2.05, 4.69) is 10.3 Å². The third-order valence-electron chi connectivity index (χ3n) is 4.45. The molecule has 22 heavy (non-hydrogen) atoms. The van der Waals surface area contributed by atoms with E-state index in [1.807, 2.05) is 0 Å². The van der Waals surface area contributed by atoms with Gasteiger partial charge in [-0.05, 0) is 12.1 Å². The molecule has 7 nitrogen and oxygen atoms in total. The van der Waals surface area contributed by atoms with Crippen LogP contribution in [0.4, 0.5) is 0 Å². The molecule has 112 valence electrons. The Bertz CT molecular complexity index is 844. The molecule has 2 fully saturated rings. The number of hydrogen-bond acceptors (Lipinski definition) is 4. The van der Waals surface area contributed by atoms with E-state index < -0.39 is 0 Å². The number of nitrogens with zero attached hydrogens (tertiary/aromatic N) is 3. The molecule has 2 saturated heterocycles. The maximum Gasteiger partial charge on any atom is 0.270 e. The number of aromatic nitrogens is 2. The Labute approximate surface area is 125 Å². The topological polar surface area (TPSA) is 83.8 Å². The smallest absolute Gasteiger partial charge is 0.270 e. The zero-order valence-electron chi connectivity index (χ0n) is 11.7. The first-order chi connectivity index (χ1) is 10.6. The van der Waals surface area contributed by atoms with Crippen molar-refractivity contribution in [3.05, 3.63) is 46.5 Å². The highest BCUT2D eigenvalue weighted by molar-refractivity contribution is 5.95. The van der Waals surface area contributed by atoms with Crippen molar-refractivity contribution in [2.24, 2.45) is 11.8 Å². The van der Waals surface area contributed by atoms with E-state index in [0.29, 0.717) is 25.3 Å². The van der Waals surface area contributed by atoms with Gasteiger partial charge in [0.2, 0.25) is 5.91 Å². The number of pyridine rings is 1. The summed E-state index contributed by atoms with van der Waals surface area (Å²) in [7, 11) is 0. The fraction of sp³-hybridized carbons (Fsp3) is 0.333. The van der Waals surface area contributed by atoms with Gasteiger partial charge in [0.05, 0.1) is 5.92 Å². The molecular weight excluding hydrogens is 284 g/mol. The van der Waals surface area contributed by atoms with Gasteiger partial charge in [0.15, 0.2) is 0 Å². The van der Waals surface area contributed by atoms with E-state index in [0.717, 1.165) is 0 Å². The molecule has 2 aliphatic rings. The number of hydrogen-bond donors (Lipinski definition) is 1. The minimum atomic E-state index is -0.378. The van der Waals surface area contributed by atoms with Crippen molar-refractivity contribution in [3.8, 4) is 0 Å². The van der Waals surface area contributed by atoms with Crippen LogP contribution >= 0.6 is 0 Å². The van der Waals surface area contributed by atoms with Crippen LogP contribution in [0.3, 0.4) is 0 Å². The van der Waals surface area contributed by atoms with Crippen molar-refractivity contribution in [2.75, 3.05) is 19.6 Å². The van der Waals surface area contributed by atoms with Gasteiger partial charge in [-0.3, -0.25) is 18.8 Å². The molecule has 2 aromatic rings. The number of fused-ring (bicyclic) bond motifs is 2. The third-order valence-corrected chi connectivity index (χ3v) is 4.45. The third kappa shape index (κ3) is 1.82. The molecule has 2 aromatic heterocycles. The Kier molecular flexibility index (Phi) is 2.75. The van der Waals surface area contributed by atoms with Gasteiger partial charge in [-0.2, -0.15) is 0 Å². The summed E-state index contributed by atoms with van der Waals surface area (Å²) in [5, 5.41) is 2.80. The van der Waals surface area contributed by atoms with Gasteiger partial charge in [0, 0.05) is 37.9 Å². The van der Waals surface area contributed by atoms with Crippen molar-refractivity contribution in [1.82, 2.24) is 19.6 Å². The highest BCUT2D eigenvalue weighted by Gasteiger charge is 2.44. The highest BCUT2D eigenvalue weighted by Crippen LogP contribution is 2.27. The number of likely N-dealkylation sites (tertiary alicyclic amines) is 1. The van der Waals surface area contributed by atoms with Crippen LogP contribution < -0.4 is 10.9 Å². The van der Waals surface area contributed by atoms with Crippen molar-refractivity contribution >= 4 is 17.5 Å². The van der Waals surface area contributed by atoms with Crippen LogP contribution in [0, 0.1) is 11.8 Å². The summed E-state index contributed by atoms with van der Waals surface area (Å²) in [6.07, 6.45) is 2.92. The van der Waals surface area contributed by atoms with E-state index in [-0.39, 0.29) is 34.8 Å². The summed E-state index contributed by atoms with van der Waals surface area (Å²) >= 11 is 0. The van der Waals surface area contributed by atoms with Crippen molar-refractivity contribution in [3.63, 3.8) is 0 Å². The maximum atomic E-state index is 12.6. The second kappa shape index (κ2) is 4.66. The fourth-order valence-corrected chi connectivity index (χ4v) is 3.25. The summed E-state index contributed by atoms with van der Waals surface area (Å²) < 4.78 is 1.36. The van der Waals surface area contributed by atoms with E-state index >= 15 is 0 Å². The van der Waals surface area contributed by atoms with Gasteiger partial charge in [0.1, 0.15) is 11.2 Å². The fourth-order valence-electron chi connectivity index (χ4n) is 3.25. The first-order valence-electron chi connectivity index (χ1n) is 7.18. The average Bonchev–Trinajstić information content (AvgIpc) is 3.10. The van der Waals surface area contributed by atoms with Crippen molar-refractivity contribution in [1.29, 1.82) is 0 Å². The Morgan fingerprint density at radius 2 is 2.14 bits per heavy atom. The number of rotatable bonds is 1. The van der Waals surface area contributed by atoms with Crippen LogP contribution in [0.1, 0.15) is 10.4 Å². The molecule has 0 saturated carbocycles. The van der Waals surface area contributed by atoms with Gasteiger partial charge < -0.3 is 10.2 Å². The molecule has 1 N–H and O–H groups in total. The molecule has 0 aliphatic carbocycles. The summed E-state index contributed by atoms with van der Waals surface area (Å²) in [6, 6.07) is 5.21. The van der Waals surface area contributed by atoms with Gasteiger partial charge in [-0.15, -0.1) is 0 Å². The lowest BCUT2D eigenvalue weighted by Gasteiger charge is -2.17. The van der Waals surface area contributed by atoms with Crippen LogP contribution in [0.5, 0.6) is 0 Å². The van der Waals surface area contributed by atoms with Gasteiger partial charge >= 0.3 is 0 Å². The summed E-state index contributed by atoms with van der Waals surface area (Å²) in [6.45, 7) is 1.47. The quantitative estimate of drug-likeness (QED) is 0.770. The standard InChI is InChI=1S/C15H14N4O3/c20-13-11-8-18(7-9(11)5-17-13)14(21)10-6-16-12-3-1-2-4-19(12)15(10)22/h1-4,6,9,11H,5,7-8H2,(H,17,20)/t9-,11+/m0/s1. The highest BCUT2D eigenvalue weighted by atomic mass is 16.2. The zero-order valence-corrected chi connectivity index (χ0v) is 11.7. The normalized spacial score (nSPS) is 23.6. The number of nitrogens with one attached hydrogen (secondary N) is 1. The SMILES string of the molecule is O=C1NC[C@H]2CN(C(=O)c3cnc4ccccn4c3=O)C[C@@H]12. The number of carbonyl (C=O) groups is 2. The molecule has 0 spiro atoms. The summed E-state index contributed by atoms with van der Waals surface area (Å²) in [5.74, 6) is -0.362. The van der Waals surface area contributed by atoms with E-state index in [9.17, 15) is 14.4 Å². The second-order valence-corrected chi connectivity index (χ2v) is 5.73. The predicted molar refractivity (Wildman–Crippen MR) is 77.4 cm³/mol. The van der Waals surface area contributed by atoms with E-state index in [1.165, 1.54) is 10.6 Å². The lowest BCUT2D eigenvalue weighted by atomic mass is 10.0. The Hall–Kier alpha value is -2.70. The van der Waals surface area contributed by atoms with Gasteiger partial charge in [0.25, 0.3) is 11.5 Å². The largest absolute Gasteiger partial charge is 0.355 e. The summed E-state index contributed by atoms with van der Waals surface area (Å²) in [5.41, 5.74) is 0.169. The van der Waals surface area contributed by atoms with Gasteiger partial charge in [-0.1, -0.05) is 6.07 Å². The van der Waals surface area contributed by atoms with Crippen LogP contribution in [-0.4, -0.2) is 45.7 Å². The molecule has 2 amide bonds. The lowest BCUT2D eigenvalue weighted by molar-refractivity contribution is -0.122. The van der Waals surface area contributed by atoms with Crippen molar-refractivity contribution in [2.45, 2.75) is 0 Å². The molecule has 2 atom stereocenters. The van der Waals surface area contributed by atoms with Crippen LogP contribution in [0.25, 0.3) is 5.65 Å². The number of carbonyl (C=O) groups excluding carboxylic acids is 2. The minimum Gasteiger partial charge on any atom is -0.355 e. The van der Waals surface area contributed by atoms with Crippen LogP contribution in [0.2, 0.25) is 0 Å². The monoisotopic (exact) mass is 298 g/mol. The Balaban J connectivity index is 1.68. The first-order valence-corrected chi connectivity index (χ1v) is 7.18. The molecule has 4 rings (SSSR count). The first kappa shape index (κ1) is 13.0. The minimum absolute atomic E-state index is 0.00587. The Morgan fingerprint density at radius 1 is 1.27 bits per heavy atom. The molecule has 4 heterocycles. The van der Waals surface area contributed by atoms with Gasteiger partial charge in [-0.25, -0.2) is 4.98 Å². The Morgan fingerprint density at radius 3 is 2.95 bits per heavy atom. The second-order valence-electron chi connectivity index (χ2n) is 5.73. The molecule has 0 unspecified atom stereocenters. The van der Waals surface area contributed by atoms with Crippen LogP contribution in [-0.2, 0) is 4.79 Å². The number of amides is 2. The zero-order chi connectivity index (χ0) is 15.3. The molecular formula is C15H14N4O3. The molecule has 0 aromatic carbocycles. The van der Waals surface area contributed by atoms with Crippen LogP contribution in [0.15, 0.2) is 35.4 Å². The average molecular weight is 298 g/mol. The van der Waals surface area contributed by atoms with E-state index in [1.54, 1.807) is 29.3 Å². The summed E-state index contributed by atoms with van der Waals surface area (Å²) in [4.78, 5) is 42.4. The molecule has 7 heteroatoms.